The van der Waals surface area contributed by atoms with E-state index in [-0.39, 0.29) is 12.2 Å². The van der Waals surface area contributed by atoms with Crippen LogP contribution < -0.4 is 10.6 Å². The quantitative estimate of drug-likeness (QED) is 0.174. The van der Waals surface area contributed by atoms with Gasteiger partial charge in [-0.25, -0.2) is 4.79 Å². The van der Waals surface area contributed by atoms with Gasteiger partial charge in [-0.1, -0.05) is 78.7 Å². The molecule has 0 fully saturated rings. The number of terminal acetylenes is 1. The molecule has 0 aliphatic heterocycles. The Kier molecular flexibility index (Phi) is 9.36. The molecule has 3 amide bonds. The molecule has 4 aromatic rings. The van der Waals surface area contributed by atoms with E-state index in [1.54, 1.807) is 57.2 Å². The first kappa shape index (κ1) is 30.7. The summed E-state index contributed by atoms with van der Waals surface area (Å²) in [6, 6.07) is 26.7. The Balaban J connectivity index is 1.70. The van der Waals surface area contributed by atoms with E-state index in [9.17, 15) is 19.5 Å². The maximum absolute atomic E-state index is 14.2. The zero-order chi connectivity index (χ0) is 31.1. The molecule has 2 unspecified atom stereocenters. The number of phenolic OH excluding ortho intramolecular Hbond substituents is 1. The molecule has 0 bridgehead atoms. The molecule has 0 saturated heterocycles. The van der Waals surface area contributed by atoms with Crippen LogP contribution in [0, 0.1) is 19.4 Å². The number of aromatic hydroxyl groups is 1. The van der Waals surface area contributed by atoms with Gasteiger partial charge in [0.05, 0.1) is 0 Å². The van der Waals surface area contributed by atoms with Crippen LogP contribution in [0.15, 0.2) is 91.0 Å². The van der Waals surface area contributed by atoms with Gasteiger partial charge in [-0.05, 0) is 73.9 Å². The number of anilines is 1. The van der Waals surface area contributed by atoms with Gasteiger partial charge in [0, 0.05) is 18.2 Å². The number of phenols is 1. The molecule has 0 aliphatic carbocycles. The second-order valence-electron chi connectivity index (χ2n) is 11.3. The lowest BCUT2D eigenvalue weighted by Gasteiger charge is -2.30. The Morgan fingerprint density at radius 1 is 0.930 bits per heavy atom. The number of hydrogen-bond acceptors (Lipinski definition) is 5. The molecule has 8 nitrogen and oxygen atoms in total. The maximum atomic E-state index is 14.2. The smallest absolute Gasteiger partial charge is 0.408 e. The topological polar surface area (TPSA) is 108 Å². The second-order valence-corrected chi connectivity index (χ2v) is 11.3. The van der Waals surface area contributed by atoms with E-state index in [1.165, 1.54) is 12.1 Å². The number of nitrogens with zero attached hydrogens (tertiary/aromatic N) is 1. The number of alkyl carbamates (subject to hydrolysis) is 1. The van der Waals surface area contributed by atoms with Gasteiger partial charge in [0.2, 0.25) is 0 Å². The van der Waals surface area contributed by atoms with Crippen LogP contribution in [-0.2, 0) is 20.7 Å². The van der Waals surface area contributed by atoms with Crippen molar-refractivity contribution in [1.29, 1.82) is 0 Å². The van der Waals surface area contributed by atoms with Crippen LogP contribution in [0.25, 0.3) is 10.8 Å². The summed E-state index contributed by atoms with van der Waals surface area (Å²) in [5, 5.41) is 17.2. The van der Waals surface area contributed by atoms with Crippen LogP contribution in [0.1, 0.15) is 43.5 Å². The molecule has 43 heavy (non-hydrogen) atoms. The van der Waals surface area contributed by atoms with Crippen LogP contribution in [-0.4, -0.2) is 39.6 Å². The lowest BCUT2D eigenvalue weighted by molar-refractivity contribution is -0.136. The molecule has 220 valence electrons. The molecule has 2 atom stereocenters. The Morgan fingerprint density at radius 3 is 2.28 bits per heavy atom. The third kappa shape index (κ3) is 8.14. The summed E-state index contributed by atoms with van der Waals surface area (Å²) in [4.78, 5) is 41.9. The number of benzene rings is 4. The van der Waals surface area contributed by atoms with Crippen molar-refractivity contribution in [2.75, 3.05) is 5.32 Å². The summed E-state index contributed by atoms with van der Waals surface area (Å²) < 4.78 is 5.42. The third-order valence-corrected chi connectivity index (χ3v) is 6.62. The highest BCUT2D eigenvalue weighted by Gasteiger charge is 2.36. The van der Waals surface area contributed by atoms with Crippen molar-refractivity contribution in [1.82, 2.24) is 10.2 Å². The Hall–Kier alpha value is -5.29. The van der Waals surface area contributed by atoms with Crippen molar-refractivity contribution < 1.29 is 24.2 Å². The Labute approximate surface area is 251 Å². The molecule has 8 heteroatoms. The average Bonchev–Trinajstić information content (AvgIpc) is 2.95. The van der Waals surface area contributed by atoms with Gasteiger partial charge in [-0.3, -0.25) is 14.5 Å². The fourth-order valence-corrected chi connectivity index (χ4v) is 4.69. The minimum absolute atomic E-state index is 0.0311. The third-order valence-electron chi connectivity index (χ3n) is 6.62. The van der Waals surface area contributed by atoms with Crippen molar-refractivity contribution in [3.63, 3.8) is 0 Å². The van der Waals surface area contributed by atoms with Crippen LogP contribution >= 0.6 is 0 Å². The van der Waals surface area contributed by atoms with Crippen LogP contribution in [0.3, 0.4) is 0 Å². The monoisotopic (exact) mass is 577 g/mol. The highest BCUT2D eigenvalue weighted by molar-refractivity contribution is 6.01. The van der Waals surface area contributed by atoms with E-state index in [2.05, 4.69) is 16.7 Å². The minimum atomic E-state index is -1.22. The highest BCUT2D eigenvalue weighted by atomic mass is 16.6. The lowest BCUT2D eigenvalue weighted by Crippen LogP contribution is -2.51. The first-order chi connectivity index (χ1) is 20.4. The molecular formula is C35H35N3O5. The van der Waals surface area contributed by atoms with Crippen molar-refractivity contribution in [2.24, 2.45) is 0 Å². The van der Waals surface area contributed by atoms with Crippen molar-refractivity contribution in [2.45, 2.75) is 51.8 Å². The molecular weight excluding hydrogens is 542 g/mol. The molecule has 0 saturated carbocycles. The number of carbonyl (C=O) groups is 3. The number of amides is 3. The lowest BCUT2D eigenvalue weighted by atomic mass is 9.99. The van der Waals surface area contributed by atoms with E-state index in [0.717, 1.165) is 21.2 Å². The van der Waals surface area contributed by atoms with Gasteiger partial charge in [0.15, 0.2) is 0 Å². The highest BCUT2D eigenvalue weighted by Crippen LogP contribution is 2.27. The standard InChI is InChI=1S/C35H35N3O5/c1-6-38(33(41)30(37-34(42)43-35(3,4)5)21-24-14-18-29(39)19-15-24)31(27-13-9-10-23(2)20-27)32(40)36-28-17-16-25-11-7-8-12-26(25)22-28/h1,7-20,22,30-31,39H,21H2,2-5H3,(H,36,40)(H,37,42). The number of fused-ring (bicyclic) bond motifs is 1. The van der Waals surface area contributed by atoms with Crippen molar-refractivity contribution >= 4 is 34.4 Å². The summed E-state index contributed by atoms with van der Waals surface area (Å²) in [6.45, 7) is 7.01. The molecule has 3 N–H and O–H groups in total. The van der Waals surface area contributed by atoms with Gasteiger partial charge < -0.3 is 20.5 Å². The van der Waals surface area contributed by atoms with E-state index >= 15 is 0 Å². The minimum Gasteiger partial charge on any atom is -0.508 e. The van der Waals surface area contributed by atoms with Gasteiger partial charge in [0.25, 0.3) is 11.8 Å². The fraction of sp³-hybridized carbons (Fsp3) is 0.229. The molecule has 4 rings (SSSR count). The molecule has 0 radical (unpaired) electrons. The number of hydrogen-bond donors (Lipinski definition) is 3. The molecule has 0 heterocycles. The van der Waals surface area contributed by atoms with Crippen LogP contribution in [0.4, 0.5) is 10.5 Å². The number of aryl methyl sites for hydroxylation is 1. The largest absolute Gasteiger partial charge is 0.508 e. The fourth-order valence-electron chi connectivity index (χ4n) is 4.69. The summed E-state index contributed by atoms with van der Waals surface area (Å²) in [5.41, 5.74) is 1.75. The number of ether oxygens (including phenoxy) is 1. The molecule has 0 spiro atoms. The van der Waals surface area contributed by atoms with Gasteiger partial charge in [-0.2, -0.15) is 0 Å². The van der Waals surface area contributed by atoms with Crippen molar-refractivity contribution in [3.8, 4) is 18.2 Å². The maximum Gasteiger partial charge on any atom is 0.408 e. The summed E-state index contributed by atoms with van der Waals surface area (Å²) in [5.74, 6) is -1.14. The number of rotatable bonds is 8. The van der Waals surface area contributed by atoms with E-state index in [0.29, 0.717) is 16.8 Å². The van der Waals surface area contributed by atoms with E-state index in [1.807, 2.05) is 49.4 Å². The SMILES string of the molecule is C#CN(C(=O)C(Cc1ccc(O)cc1)NC(=O)OC(C)(C)C)C(C(=O)Nc1ccc2ccccc2c1)c1cccc(C)c1. The van der Waals surface area contributed by atoms with Crippen molar-refractivity contribution in [3.05, 3.63) is 108 Å². The van der Waals surface area contributed by atoms with Gasteiger partial charge >= 0.3 is 6.09 Å². The van der Waals surface area contributed by atoms with Crippen LogP contribution in [0.5, 0.6) is 5.75 Å². The number of nitrogens with one attached hydrogen (secondary N) is 2. The van der Waals surface area contributed by atoms with Gasteiger partial charge in [-0.15, -0.1) is 0 Å². The Bertz CT molecular complexity index is 1670. The zero-order valence-electron chi connectivity index (χ0n) is 24.6. The Morgan fingerprint density at radius 2 is 1.63 bits per heavy atom. The van der Waals surface area contributed by atoms with E-state index in [4.69, 9.17) is 11.2 Å². The molecule has 0 aromatic heterocycles. The first-order valence-corrected chi connectivity index (χ1v) is 13.9. The average molecular weight is 578 g/mol. The zero-order valence-corrected chi connectivity index (χ0v) is 24.6. The molecule has 4 aromatic carbocycles. The number of carbonyl (C=O) groups excluding carboxylic acids is 3. The normalized spacial score (nSPS) is 12.4. The molecule has 0 aliphatic rings. The summed E-state index contributed by atoms with van der Waals surface area (Å²) in [6.07, 6.45) is 5.16. The second kappa shape index (κ2) is 13.1. The van der Waals surface area contributed by atoms with E-state index < -0.39 is 35.6 Å². The van der Waals surface area contributed by atoms with Crippen LogP contribution in [0.2, 0.25) is 0 Å². The summed E-state index contributed by atoms with van der Waals surface area (Å²) in [7, 11) is 0. The summed E-state index contributed by atoms with van der Waals surface area (Å²) >= 11 is 0. The predicted octanol–water partition coefficient (Wildman–Crippen LogP) is 6.09. The first-order valence-electron chi connectivity index (χ1n) is 13.9. The van der Waals surface area contributed by atoms with Gasteiger partial charge in [0.1, 0.15) is 23.4 Å². The predicted molar refractivity (Wildman–Crippen MR) is 167 cm³/mol.